The van der Waals surface area contributed by atoms with Crippen LogP contribution < -0.4 is 4.74 Å². The zero-order chi connectivity index (χ0) is 16.2. The molecule has 0 saturated carbocycles. The number of carbonyl (C=O) groups excluding carboxylic acids is 1. The summed E-state index contributed by atoms with van der Waals surface area (Å²) in [7, 11) is 1.65. The van der Waals surface area contributed by atoms with Gasteiger partial charge in [0, 0.05) is 12.6 Å². The molecule has 1 fully saturated rings. The Balaban J connectivity index is 1.72. The number of furan rings is 1. The molecular formula is C19H21NO3. The second-order valence-corrected chi connectivity index (χ2v) is 5.74. The molecular weight excluding hydrogens is 290 g/mol. The summed E-state index contributed by atoms with van der Waals surface area (Å²) in [5.41, 5.74) is 1.15. The molecule has 0 N–H and O–H groups in total. The van der Waals surface area contributed by atoms with E-state index in [0.29, 0.717) is 5.76 Å². The van der Waals surface area contributed by atoms with E-state index >= 15 is 0 Å². The molecule has 2 aromatic rings. The predicted octanol–water partition coefficient (Wildman–Crippen LogP) is 3.97. The number of ether oxygens (including phenoxy) is 1. The van der Waals surface area contributed by atoms with Gasteiger partial charge in [0.2, 0.25) is 5.91 Å². The van der Waals surface area contributed by atoms with Gasteiger partial charge in [0.05, 0.1) is 13.2 Å². The third-order valence-electron chi connectivity index (χ3n) is 4.19. The van der Waals surface area contributed by atoms with E-state index in [2.05, 4.69) is 0 Å². The molecule has 4 heteroatoms. The molecule has 1 aromatic heterocycles. The molecule has 0 bridgehead atoms. The summed E-state index contributed by atoms with van der Waals surface area (Å²) < 4.78 is 10.7. The van der Waals surface area contributed by atoms with Crippen molar-refractivity contribution in [1.29, 1.82) is 0 Å². The lowest BCUT2D eigenvalue weighted by atomic mass is 10.0. The van der Waals surface area contributed by atoms with Crippen LogP contribution >= 0.6 is 0 Å². The van der Waals surface area contributed by atoms with Crippen LogP contribution in [-0.4, -0.2) is 24.5 Å². The summed E-state index contributed by atoms with van der Waals surface area (Å²) in [6.45, 7) is 2.68. The minimum atomic E-state index is 0.0253. The fourth-order valence-electron chi connectivity index (χ4n) is 3.00. The maximum atomic E-state index is 12.5. The Labute approximate surface area is 136 Å². The Morgan fingerprint density at radius 1 is 1.26 bits per heavy atom. The van der Waals surface area contributed by atoms with E-state index in [-0.39, 0.29) is 11.9 Å². The van der Waals surface area contributed by atoms with Crippen molar-refractivity contribution in [3.63, 3.8) is 0 Å². The van der Waals surface area contributed by atoms with Crippen molar-refractivity contribution in [2.45, 2.75) is 25.8 Å². The number of rotatable bonds is 4. The van der Waals surface area contributed by atoms with Crippen molar-refractivity contribution in [3.8, 4) is 5.75 Å². The predicted molar refractivity (Wildman–Crippen MR) is 89.2 cm³/mol. The van der Waals surface area contributed by atoms with Crippen molar-refractivity contribution in [3.05, 3.63) is 59.6 Å². The van der Waals surface area contributed by atoms with Gasteiger partial charge in [-0.05, 0) is 55.7 Å². The van der Waals surface area contributed by atoms with Crippen LogP contribution in [0.4, 0.5) is 0 Å². The number of amides is 1. The fourth-order valence-corrected chi connectivity index (χ4v) is 3.00. The molecule has 2 heterocycles. The maximum Gasteiger partial charge on any atom is 0.247 e. The monoisotopic (exact) mass is 311 g/mol. The second kappa shape index (κ2) is 6.73. The molecule has 0 radical (unpaired) electrons. The summed E-state index contributed by atoms with van der Waals surface area (Å²) in [5, 5.41) is 0. The molecule has 3 rings (SSSR count). The number of likely N-dealkylation sites (tertiary alicyclic amines) is 1. The van der Waals surface area contributed by atoms with Crippen molar-refractivity contribution >= 4 is 12.0 Å². The average Bonchev–Trinajstić information content (AvgIpc) is 3.21. The number of aryl methyl sites for hydroxylation is 1. The van der Waals surface area contributed by atoms with E-state index in [9.17, 15) is 4.79 Å². The number of methoxy groups -OCH3 is 1. The first-order valence-corrected chi connectivity index (χ1v) is 7.86. The van der Waals surface area contributed by atoms with Gasteiger partial charge in [-0.2, -0.15) is 0 Å². The van der Waals surface area contributed by atoms with Gasteiger partial charge in [-0.3, -0.25) is 4.79 Å². The Hall–Kier alpha value is -2.49. The molecule has 1 aromatic carbocycles. The lowest BCUT2D eigenvalue weighted by molar-refractivity contribution is -0.126. The van der Waals surface area contributed by atoms with Gasteiger partial charge in [-0.15, -0.1) is 0 Å². The highest BCUT2D eigenvalue weighted by atomic mass is 16.5. The molecule has 23 heavy (non-hydrogen) atoms. The van der Waals surface area contributed by atoms with Crippen LogP contribution in [0.1, 0.15) is 36.0 Å². The van der Waals surface area contributed by atoms with E-state index < -0.39 is 0 Å². The van der Waals surface area contributed by atoms with Gasteiger partial charge in [0.1, 0.15) is 17.3 Å². The minimum absolute atomic E-state index is 0.0253. The fraction of sp³-hybridized carbons (Fsp3) is 0.316. The van der Waals surface area contributed by atoms with E-state index in [4.69, 9.17) is 9.15 Å². The van der Waals surface area contributed by atoms with Gasteiger partial charge < -0.3 is 14.1 Å². The van der Waals surface area contributed by atoms with Gasteiger partial charge in [0.15, 0.2) is 0 Å². The highest BCUT2D eigenvalue weighted by Gasteiger charge is 2.28. The van der Waals surface area contributed by atoms with Gasteiger partial charge >= 0.3 is 0 Å². The first kappa shape index (κ1) is 15.4. The highest BCUT2D eigenvalue weighted by Crippen LogP contribution is 2.33. The molecule has 1 unspecified atom stereocenters. The number of hydrogen-bond acceptors (Lipinski definition) is 3. The molecule has 1 aliphatic rings. The van der Waals surface area contributed by atoms with Crippen molar-refractivity contribution in [1.82, 2.24) is 4.90 Å². The van der Waals surface area contributed by atoms with E-state index in [1.165, 1.54) is 0 Å². The van der Waals surface area contributed by atoms with Crippen LogP contribution in [0, 0.1) is 6.92 Å². The van der Waals surface area contributed by atoms with Crippen LogP contribution in [0.3, 0.4) is 0 Å². The minimum Gasteiger partial charge on any atom is -0.497 e. The van der Waals surface area contributed by atoms with Crippen LogP contribution in [0.5, 0.6) is 5.75 Å². The van der Waals surface area contributed by atoms with Crippen LogP contribution in [-0.2, 0) is 4.79 Å². The third kappa shape index (κ3) is 3.47. The largest absolute Gasteiger partial charge is 0.497 e. The van der Waals surface area contributed by atoms with Crippen molar-refractivity contribution in [2.24, 2.45) is 0 Å². The maximum absolute atomic E-state index is 12.5. The summed E-state index contributed by atoms with van der Waals surface area (Å²) in [5.74, 6) is 2.40. The highest BCUT2D eigenvalue weighted by molar-refractivity contribution is 5.92. The topological polar surface area (TPSA) is 42.7 Å². The standard InChI is InChI=1S/C19H21NO3/c1-14-5-8-17(23-14)11-12-19(21)20-13-3-4-18(20)15-6-9-16(22-2)10-7-15/h5-12,18H,3-4,13H2,1-2H3/b12-11+. The van der Waals surface area contributed by atoms with E-state index in [1.807, 2.05) is 48.2 Å². The summed E-state index contributed by atoms with van der Waals surface area (Å²) in [4.78, 5) is 14.4. The molecule has 1 amide bonds. The zero-order valence-corrected chi connectivity index (χ0v) is 13.5. The number of nitrogens with zero attached hydrogens (tertiary/aromatic N) is 1. The summed E-state index contributed by atoms with van der Waals surface area (Å²) in [6.07, 6.45) is 5.35. The molecule has 1 aliphatic heterocycles. The van der Waals surface area contributed by atoms with Gasteiger partial charge in [-0.25, -0.2) is 0 Å². The SMILES string of the molecule is COc1ccc(C2CCCN2C(=O)/C=C/c2ccc(C)o2)cc1. The molecule has 0 spiro atoms. The smallest absolute Gasteiger partial charge is 0.247 e. The summed E-state index contributed by atoms with van der Waals surface area (Å²) in [6, 6.07) is 11.8. The van der Waals surface area contributed by atoms with Gasteiger partial charge in [0.25, 0.3) is 0 Å². The molecule has 0 aliphatic carbocycles. The third-order valence-corrected chi connectivity index (χ3v) is 4.19. The number of benzene rings is 1. The lowest BCUT2D eigenvalue weighted by Crippen LogP contribution is -2.28. The Kier molecular flexibility index (Phi) is 4.51. The quantitative estimate of drug-likeness (QED) is 0.802. The van der Waals surface area contributed by atoms with Gasteiger partial charge in [-0.1, -0.05) is 12.1 Å². The van der Waals surface area contributed by atoms with Crippen LogP contribution in [0.25, 0.3) is 6.08 Å². The van der Waals surface area contributed by atoms with Crippen molar-refractivity contribution < 1.29 is 13.9 Å². The second-order valence-electron chi connectivity index (χ2n) is 5.74. The number of carbonyl (C=O) groups is 1. The molecule has 1 atom stereocenters. The van der Waals surface area contributed by atoms with Crippen molar-refractivity contribution in [2.75, 3.05) is 13.7 Å². The Bertz CT molecular complexity index is 700. The van der Waals surface area contributed by atoms with E-state index in [1.54, 1.807) is 19.3 Å². The lowest BCUT2D eigenvalue weighted by Gasteiger charge is -2.24. The first-order chi connectivity index (χ1) is 11.2. The zero-order valence-electron chi connectivity index (χ0n) is 13.5. The Morgan fingerprint density at radius 3 is 2.70 bits per heavy atom. The molecule has 1 saturated heterocycles. The molecule has 120 valence electrons. The summed E-state index contributed by atoms with van der Waals surface area (Å²) >= 11 is 0. The normalized spacial score (nSPS) is 17.8. The number of hydrogen-bond donors (Lipinski definition) is 0. The van der Waals surface area contributed by atoms with Crippen LogP contribution in [0.2, 0.25) is 0 Å². The average molecular weight is 311 g/mol. The first-order valence-electron chi connectivity index (χ1n) is 7.86. The molecule has 4 nitrogen and oxygen atoms in total. The van der Waals surface area contributed by atoms with E-state index in [0.717, 1.165) is 36.5 Å². The Morgan fingerprint density at radius 2 is 2.04 bits per heavy atom. The van der Waals surface area contributed by atoms with Crippen LogP contribution in [0.15, 0.2) is 46.9 Å².